The summed E-state index contributed by atoms with van der Waals surface area (Å²) in [6.45, 7) is 6.14. The molecule has 2 fully saturated rings. The van der Waals surface area contributed by atoms with Gasteiger partial charge in [-0.05, 0) is 37.9 Å². The van der Waals surface area contributed by atoms with Crippen molar-refractivity contribution in [1.29, 1.82) is 0 Å². The van der Waals surface area contributed by atoms with Gasteiger partial charge < -0.3 is 14.1 Å². The van der Waals surface area contributed by atoms with Crippen molar-refractivity contribution in [1.82, 2.24) is 9.80 Å². The molecule has 1 spiro atoms. The number of ether oxygens (including phenoxy) is 1. The average molecular weight is 320 g/mol. The fraction of sp³-hybridized carbons (Fsp3) is 0.647. The van der Waals surface area contributed by atoms with E-state index in [1.807, 2.05) is 4.90 Å². The van der Waals surface area contributed by atoms with E-state index in [9.17, 15) is 9.59 Å². The van der Waals surface area contributed by atoms with Crippen LogP contribution in [0, 0.1) is 5.41 Å². The zero-order valence-electron chi connectivity index (χ0n) is 13.8. The summed E-state index contributed by atoms with van der Waals surface area (Å²) in [6.07, 6.45) is 2.87. The third kappa shape index (κ3) is 3.00. The summed E-state index contributed by atoms with van der Waals surface area (Å²) >= 11 is 0. The van der Waals surface area contributed by atoms with Gasteiger partial charge in [-0.3, -0.25) is 9.69 Å². The van der Waals surface area contributed by atoms with Gasteiger partial charge in [0.2, 0.25) is 11.7 Å². The van der Waals surface area contributed by atoms with Crippen LogP contribution >= 0.6 is 0 Å². The smallest absolute Gasteiger partial charge is 0.373 e. The molecule has 1 amide bonds. The summed E-state index contributed by atoms with van der Waals surface area (Å²) in [5.41, 5.74) is -0.201. The lowest BCUT2D eigenvalue weighted by molar-refractivity contribution is -0.135. The molecule has 2 aliphatic rings. The van der Waals surface area contributed by atoms with E-state index in [-0.39, 0.29) is 11.2 Å². The molecule has 0 bridgehead atoms. The van der Waals surface area contributed by atoms with Crippen LogP contribution in [0.4, 0.5) is 0 Å². The van der Waals surface area contributed by atoms with Crippen molar-refractivity contribution in [2.75, 3.05) is 33.3 Å². The highest BCUT2D eigenvalue weighted by atomic mass is 16.5. The molecule has 126 valence electrons. The van der Waals surface area contributed by atoms with Crippen LogP contribution in [0.3, 0.4) is 0 Å². The number of likely N-dealkylation sites (tertiary alicyclic amines) is 2. The second kappa shape index (κ2) is 6.35. The largest absolute Gasteiger partial charge is 0.463 e. The van der Waals surface area contributed by atoms with Crippen molar-refractivity contribution in [3.05, 3.63) is 23.7 Å². The molecule has 1 atom stereocenters. The summed E-state index contributed by atoms with van der Waals surface area (Å²) in [7, 11) is 1.34. The van der Waals surface area contributed by atoms with Gasteiger partial charge in [0, 0.05) is 19.6 Å². The molecule has 1 aromatic heterocycles. The van der Waals surface area contributed by atoms with E-state index < -0.39 is 5.97 Å². The Balaban J connectivity index is 1.61. The lowest BCUT2D eigenvalue weighted by Crippen LogP contribution is -2.37. The molecular formula is C17H24N2O4. The summed E-state index contributed by atoms with van der Waals surface area (Å²) in [6, 6.07) is 3.44. The first-order valence-corrected chi connectivity index (χ1v) is 8.27. The van der Waals surface area contributed by atoms with Gasteiger partial charge in [0.25, 0.3) is 0 Å². The van der Waals surface area contributed by atoms with Gasteiger partial charge in [-0.25, -0.2) is 4.79 Å². The summed E-state index contributed by atoms with van der Waals surface area (Å²) in [5.74, 6) is 0.813. The number of nitrogens with zero attached hydrogens (tertiary/aromatic N) is 2. The van der Waals surface area contributed by atoms with E-state index in [0.29, 0.717) is 12.5 Å². The molecule has 3 rings (SSSR count). The van der Waals surface area contributed by atoms with Crippen molar-refractivity contribution in [2.45, 2.75) is 32.7 Å². The van der Waals surface area contributed by atoms with E-state index in [0.717, 1.165) is 51.2 Å². The molecule has 6 nitrogen and oxygen atoms in total. The molecule has 0 saturated carbocycles. The maximum Gasteiger partial charge on any atom is 0.373 e. The van der Waals surface area contributed by atoms with Crippen LogP contribution in [0.2, 0.25) is 0 Å². The zero-order valence-corrected chi connectivity index (χ0v) is 13.8. The lowest BCUT2D eigenvalue weighted by atomic mass is 9.85. The first-order valence-electron chi connectivity index (χ1n) is 8.27. The number of esters is 1. The van der Waals surface area contributed by atoms with Crippen LogP contribution in [0.15, 0.2) is 16.5 Å². The lowest BCUT2D eigenvalue weighted by Gasteiger charge is -2.23. The Morgan fingerprint density at radius 3 is 2.87 bits per heavy atom. The third-order valence-corrected chi connectivity index (χ3v) is 4.96. The first kappa shape index (κ1) is 16.1. The van der Waals surface area contributed by atoms with Crippen molar-refractivity contribution >= 4 is 11.9 Å². The minimum Gasteiger partial charge on any atom is -0.463 e. The Morgan fingerprint density at radius 2 is 2.13 bits per heavy atom. The number of carbonyl (C=O) groups excluding carboxylic acids is 2. The first-order chi connectivity index (χ1) is 11.1. The second-order valence-electron chi connectivity index (χ2n) is 6.54. The van der Waals surface area contributed by atoms with Crippen molar-refractivity contribution < 1.29 is 18.7 Å². The number of carbonyl (C=O) groups is 2. The molecule has 1 unspecified atom stereocenters. The quantitative estimate of drug-likeness (QED) is 0.775. The van der Waals surface area contributed by atoms with Crippen molar-refractivity contribution in [3.8, 4) is 0 Å². The maximum absolute atomic E-state index is 12.7. The van der Waals surface area contributed by atoms with Crippen LogP contribution in [0.5, 0.6) is 0 Å². The SMILES string of the molecule is CCCN1CCC2(CCN(Cc3ccc(C(=O)OC)o3)C2)C1=O. The predicted octanol–water partition coefficient (Wildman–Crippen LogP) is 1.90. The van der Waals surface area contributed by atoms with Gasteiger partial charge in [-0.2, -0.15) is 0 Å². The molecule has 0 radical (unpaired) electrons. The molecule has 3 heterocycles. The van der Waals surface area contributed by atoms with E-state index in [2.05, 4.69) is 16.6 Å². The Morgan fingerprint density at radius 1 is 1.35 bits per heavy atom. The van der Waals surface area contributed by atoms with Crippen LogP contribution in [0.1, 0.15) is 42.5 Å². The Kier molecular flexibility index (Phi) is 4.43. The number of methoxy groups -OCH3 is 1. The molecular weight excluding hydrogens is 296 g/mol. The van der Waals surface area contributed by atoms with Gasteiger partial charge in [0.15, 0.2) is 0 Å². The minimum atomic E-state index is -0.463. The molecule has 0 aliphatic carbocycles. The highest BCUT2D eigenvalue weighted by Gasteiger charge is 2.50. The van der Waals surface area contributed by atoms with Crippen molar-refractivity contribution in [2.24, 2.45) is 5.41 Å². The van der Waals surface area contributed by atoms with Gasteiger partial charge in [-0.15, -0.1) is 0 Å². The van der Waals surface area contributed by atoms with Gasteiger partial charge in [0.1, 0.15) is 5.76 Å². The predicted molar refractivity (Wildman–Crippen MR) is 83.9 cm³/mol. The Labute approximate surface area is 136 Å². The monoisotopic (exact) mass is 320 g/mol. The Bertz CT molecular complexity index is 597. The van der Waals surface area contributed by atoms with E-state index in [4.69, 9.17) is 4.42 Å². The summed E-state index contributed by atoms with van der Waals surface area (Å²) in [4.78, 5) is 28.3. The highest BCUT2D eigenvalue weighted by Crippen LogP contribution is 2.41. The van der Waals surface area contributed by atoms with Gasteiger partial charge in [0.05, 0.1) is 19.1 Å². The zero-order chi connectivity index (χ0) is 16.4. The fourth-order valence-corrected chi connectivity index (χ4v) is 3.74. The fourth-order valence-electron chi connectivity index (χ4n) is 3.74. The van der Waals surface area contributed by atoms with Gasteiger partial charge >= 0.3 is 5.97 Å². The van der Waals surface area contributed by atoms with E-state index in [1.54, 1.807) is 12.1 Å². The average Bonchev–Trinajstić information content (AvgIpc) is 3.24. The summed E-state index contributed by atoms with van der Waals surface area (Å²) < 4.78 is 10.2. The molecule has 1 aromatic rings. The third-order valence-electron chi connectivity index (χ3n) is 4.96. The van der Waals surface area contributed by atoms with Crippen LogP contribution < -0.4 is 0 Å². The normalized spacial score (nSPS) is 24.8. The standard InChI is InChI=1S/C17H24N2O4/c1-3-8-19-10-7-17(16(19)21)6-9-18(12-17)11-13-4-5-14(23-13)15(20)22-2/h4-5H,3,6-12H2,1-2H3. The minimum absolute atomic E-state index is 0.201. The van der Waals surface area contributed by atoms with E-state index in [1.165, 1.54) is 7.11 Å². The van der Waals surface area contributed by atoms with Crippen LogP contribution in [0.25, 0.3) is 0 Å². The molecule has 0 N–H and O–H groups in total. The molecule has 2 aliphatic heterocycles. The second-order valence-corrected chi connectivity index (χ2v) is 6.54. The van der Waals surface area contributed by atoms with Gasteiger partial charge in [-0.1, -0.05) is 6.92 Å². The van der Waals surface area contributed by atoms with Crippen molar-refractivity contribution in [3.63, 3.8) is 0 Å². The molecule has 23 heavy (non-hydrogen) atoms. The van der Waals surface area contributed by atoms with Crippen LogP contribution in [-0.2, 0) is 16.1 Å². The number of rotatable bonds is 5. The molecule has 6 heteroatoms. The Hall–Kier alpha value is -1.82. The topological polar surface area (TPSA) is 63.0 Å². The number of hydrogen-bond acceptors (Lipinski definition) is 5. The molecule has 2 saturated heterocycles. The summed E-state index contributed by atoms with van der Waals surface area (Å²) in [5, 5.41) is 0. The number of amides is 1. The highest BCUT2D eigenvalue weighted by molar-refractivity contribution is 5.86. The van der Waals surface area contributed by atoms with E-state index >= 15 is 0 Å². The maximum atomic E-state index is 12.7. The number of hydrogen-bond donors (Lipinski definition) is 0. The number of furan rings is 1. The molecule has 0 aromatic carbocycles. The van der Waals surface area contributed by atoms with Crippen LogP contribution in [-0.4, -0.2) is 55.0 Å².